The molecule has 0 radical (unpaired) electrons. The van der Waals surface area contributed by atoms with E-state index in [1.807, 2.05) is 12.1 Å². The van der Waals surface area contributed by atoms with Crippen molar-refractivity contribution in [2.24, 2.45) is 0 Å². The summed E-state index contributed by atoms with van der Waals surface area (Å²) in [5, 5.41) is 3.02. The summed E-state index contributed by atoms with van der Waals surface area (Å²) in [7, 11) is -3.84. The number of benzene rings is 2. The van der Waals surface area contributed by atoms with Crippen LogP contribution in [0.4, 0.5) is 11.4 Å². The number of halogens is 1. The number of carbonyl (C=O) groups excluding carboxylic acids is 1. The van der Waals surface area contributed by atoms with Gasteiger partial charge in [0.1, 0.15) is 0 Å². The highest BCUT2D eigenvalue weighted by Gasteiger charge is 2.16. The largest absolute Gasteiger partial charge is 0.326 e. The number of rotatable bonds is 7. The second kappa shape index (κ2) is 8.86. The molecular formula is C20H18ClN3O3S. The molecule has 3 rings (SSSR count). The van der Waals surface area contributed by atoms with Gasteiger partial charge < -0.3 is 5.32 Å². The minimum atomic E-state index is -3.84. The molecule has 144 valence electrons. The Kier molecular flexibility index (Phi) is 6.28. The van der Waals surface area contributed by atoms with Gasteiger partial charge in [0.15, 0.2) is 0 Å². The van der Waals surface area contributed by atoms with Crippen LogP contribution in [-0.2, 0) is 21.2 Å². The molecule has 1 heterocycles. The molecule has 2 aromatic carbocycles. The molecule has 0 spiro atoms. The monoisotopic (exact) mass is 415 g/mol. The van der Waals surface area contributed by atoms with Crippen LogP contribution in [0.2, 0.25) is 5.02 Å². The zero-order valence-corrected chi connectivity index (χ0v) is 16.4. The number of para-hydroxylation sites is 1. The van der Waals surface area contributed by atoms with E-state index in [9.17, 15) is 13.2 Å². The number of nitrogens with zero attached hydrogens (tertiary/aromatic N) is 1. The van der Waals surface area contributed by atoms with Crippen molar-refractivity contribution in [3.05, 3.63) is 83.6 Å². The Balaban J connectivity index is 1.67. The van der Waals surface area contributed by atoms with Crippen molar-refractivity contribution in [2.75, 3.05) is 10.0 Å². The van der Waals surface area contributed by atoms with E-state index < -0.39 is 10.0 Å². The van der Waals surface area contributed by atoms with Gasteiger partial charge in [0.25, 0.3) is 10.0 Å². The Morgan fingerprint density at radius 2 is 1.86 bits per heavy atom. The molecule has 0 aliphatic heterocycles. The highest BCUT2D eigenvalue weighted by atomic mass is 35.5. The number of anilines is 2. The molecule has 0 saturated carbocycles. The van der Waals surface area contributed by atoms with E-state index in [0.29, 0.717) is 17.1 Å². The zero-order valence-electron chi connectivity index (χ0n) is 14.8. The van der Waals surface area contributed by atoms with Gasteiger partial charge in [-0.2, -0.15) is 0 Å². The molecule has 3 aromatic rings. The second-order valence-electron chi connectivity index (χ2n) is 6.02. The summed E-state index contributed by atoms with van der Waals surface area (Å²) in [6, 6.07) is 16.3. The van der Waals surface area contributed by atoms with Crippen molar-refractivity contribution in [1.29, 1.82) is 0 Å². The predicted molar refractivity (Wildman–Crippen MR) is 110 cm³/mol. The third kappa shape index (κ3) is 5.31. The average Bonchev–Trinajstić information content (AvgIpc) is 2.69. The summed E-state index contributed by atoms with van der Waals surface area (Å²) >= 11 is 6.01. The Bertz CT molecular complexity index is 1070. The summed E-state index contributed by atoms with van der Waals surface area (Å²) in [6.07, 6.45) is 4.19. The zero-order chi connectivity index (χ0) is 20.0. The highest BCUT2D eigenvalue weighted by Crippen LogP contribution is 2.25. The van der Waals surface area contributed by atoms with Crippen LogP contribution in [0.15, 0.2) is 78.0 Å². The van der Waals surface area contributed by atoms with Gasteiger partial charge in [0.2, 0.25) is 5.91 Å². The fourth-order valence-corrected chi connectivity index (χ4v) is 3.88. The molecule has 0 aliphatic carbocycles. The van der Waals surface area contributed by atoms with Gasteiger partial charge in [-0.05, 0) is 48.4 Å². The maximum atomic E-state index is 12.6. The fraction of sp³-hybridized carbons (Fsp3) is 0.100. The minimum absolute atomic E-state index is 0.0254. The van der Waals surface area contributed by atoms with E-state index in [1.165, 1.54) is 12.1 Å². The molecule has 0 saturated heterocycles. The maximum Gasteiger partial charge on any atom is 0.262 e. The third-order valence-electron chi connectivity index (χ3n) is 3.91. The molecule has 1 aromatic heterocycles. The number of nitrogens with one attached hydrogen (secondary N) is 2. The first-order chi connectivity index (χ1) is 13.4. The molecule has 0 bridgehead atoms. The Morgan fingerprint density at radius 3 is 2.61 bits per heavy atom. The molecule has 28 heavy (non-hydrogen) atoms. The summed E-state index contributed by atoms with van der Waals surface area (Å²) in [5.74, 6) is -0.211. The van der Waals surface area contributed by atoms with Crippen molar-refractivity contribution in [1.82, 2.24) is 4.98 Å². The standard InChI is InChI=1S/C20H18ClN3O3S/c21-18-8-1-2-9-19(18)24-28(26,27)17-7-3-6-16(13-17)23-20(25)11-10-15-5-4-12-22-14-15/h1-9,12-14,24H,10-11H2,(H,23,25). The van der Waals surface area contributed by atoms with Gasteiger partial charge >= 0.3 is 0 Å². The van der Waals surface area contributed by atoms with E-state index >= 15 is 0 Å². The Labute approximate surface area is 168 Å². The van der Waals surface area contributed by atoms with Gasteiger partial charge in [-0.3, -0.25) is 14.5 Å². The number of aryl methyl sites for hydroxylation is 1. The first kappa shape index (κ1) is 19.9. The number of pyridine rings is 1. The summed E-state index contributed by atoms with van der Waals surface area (Å²) in [6.45, 7) is 0. The Hall–Kier alpha value is -2.90. The lowest BCUT2D eigenvalue weighted by atomic mass is 10.1. The number of sulfonamides is 1. The van der Waals surface area contributed by atoms with Crippen LogP contribution in [-0.4, -0.2) is 19.3 Å². The van der Waals surface area contributed by atoms with Crippen LogP contribution >= 0.6 is 11.6 Å². The minimum Gasteiger partial charge on any atom is -0.326 e. The molecule has 8 heteroatoms. The third-order valence-corrected chi connectivity index (χ3v) is 5.60. The normalized spacial score (nSPS) is 11.0. The van der Waals surface area contributed by atoms with Crippen molar-refractivity contribution in [2.45, 2.75) is 17.7 Å². The van der Waals surface area contributed by atoms with Gasteiger partial charge in [-0.15, -0.1) is 0 Å². The topological polar surface area (TPSA) is 88.2 Å². The maximum absolute atomic E-state index is 12.6. The van der Waals surface area contributed by atoms with Gasteiger partial charge in [0, 0.05) is 24.5 Å². The van der Waals surface area contributed by atoms with Crippen LogP contribution < -0.4 is 10.0 Å². The van der Waals surface area contributed by atoms with Gasteiger partial charge in [-0.25, -0.2) is 8.42 Å². The molecule has 0 fully saturated rings. The lowest BCUT2D eigenvalue weighted by Crippen LogP contribution is -2.15. The number of amides is 1. The summed E-state index contributed by atoms with van der Waals surface area (Å²) in [4.78, 5) is 16.2. The van der Waals surface area contributed by atoms with Crippen LogP contribution in [0.25, 0.3) is 0 Å². The number of aromatic nitrogens is 1. The average molecular weight is 416 g/mol. The van der Waals surface area contributed by atoms with Crippen LogP contribution in [0.1, 0.15) is 12.0 Å². The van der Waals surface area contributed by atoms with E-state index in [0.717, 1.165) is 5.56 Å². The van der Waals surface area contributed by atoms with Crippen molar-refractivity contribution < 1.29 is 13.2 Å². The lowest BCUT2D eigenvalue weighted by Gasteiger charge is -2.11. The molecule has 6 nitrogen and oxygen atoms in total. The van der Waals surface area contributed by atoms with E-state index in [4.69, 9.17) is 11.6 Å². The van der Waals surface area contributed by atoms with E-state index in [1.54, 1.807) is 48.8 Å². The predicted octanol–water partition coefficient (Wildman–Crippen LogP) is 4.11. The van der Waals surface area contributed by atoms with Crippen molar-refractivity contribution in [3.63, 3.8) is 0 Å². The first-order valence-electron chi connectivity index (χ1n) is 8.50. The lowest BCUT2D eigenvalue weighted by molar-refractivity contribution is -0.116. The summed E-state index contributed by atoms with van der Waals surface area (Å²) in [5.41, 5.74) is 1.64. The van der Waals surface area contributed by atoms with Crippen LogP contribution in [0.3, 0.4) is 0 Å². The van der Waals surface area contributed by atoms with Crippen molar-refractivity contribution >= 4 is 38.9 Å². The van der Waals surface area contributed by atoms with Gasteiger partial charge in [-0.1, -0.05) is 35.9 Å². The quantitative estimate of drug-likeness (QED) is 0.607. The number of carbonyl (C=O) groups is 1. The first-order valence-corrected chi connectivity index (χ1v) is 10.4. The molecule has 0 unspecified atom stereocenters. The second-order valence-corrected chi connectivity index (χ2v) is 8.11. The molecule has 0 aliphatic rings. The molecule has 1 amide bonds. The van der Waals surface area contributed by atoms with Crippen molar-refractivity contribution in [3.8, 4) is 0 Å². The van der Waals surface area contributed by atoms with Gasteiger partial charge in [0.05, 0.1) is 15.6 Å². The number of hydrogen-bond acceptors (Lipinski definition) is 4. The highest BCUT2D eigenvalue weighted by molar-refractivity contribution is 7.92. The molecular weight excluding hydrogens is 398 g/mol. The van der Waals surface area contributed by atoms with Crippen LogP contribution in [0.5, 0.6) is 0 Å². The SMILES string of the molecule is O=C(CCc1cccnc1)Nc1cccc(S(=O)(=O)Nc2ccccc2Cl)c1. The van der Waals surface area contributed by atoms with E-state index in [-0.39, 0.29) is 22.9 Å². The molecule has 0 atom stereocenters. The smallest absolute Gasteiger partial charge is 0.262 e. The van der Waals surface area contributed by atoms with Crippen LogP contribution in [0, 0.1) is 0 Å². The summed E-state index contributed by atoms with van der Waals surface area (Å²) < 4.78 is 27.7. The van der Waals surface area contributed by atoms with E-state index in [2.05, 4.69) is 15.0 Å². The number of hydrogen-bond donors (Lipinski definition) is 2. The fourth-order valence-electron chi connectivity index (χ4n) is 2.52. The Morgan fingerprint density at radius 1 is 1.04 bits per heavy atom. The molecule has 2 N–H and O–H groups in total.